The maximum absolute atomic E-state index is 10.2. The maximum Gasteiger partial charge on any atom is 0.328 e. The van der Waals surface area contributed by atoms with Gasteiger partial charge >= 0.3 is 11.9 Å². The number of methoxy groups -OCH3 is 4. The minimum atomic E-state index is -1.26. The molecule has 0 radical (unpaired) electrons. The van der Waals surface area contributed by atoms with E-state index in [4.69, 9.17) is 48.1 Å². The van der Waals surface area contributed by atoms with Crippen molar-refractivity contribution in [2.45, 2.75) is 116 Å². The molecule has 3 aromatic carbocycles. The molecule has 0 bridgehead atoms. The molecule has 86 heavy (non-hydrogen) atoms. The van der Waals surface area contributed by atoms with E-state index in [-0.39, 0.29) is 42.9 Å². The molecule has 2 aliphatic rings. The number of benzene rings is 3. The molecule has 1 aliphatic carbocycles. The molecule has 1 aliphatic heterocycles. The van der Waals surface area contributed by atoms with Crippen LogP contribution in [-0.4, -0.2) is 184 Å². The number of β-amino-alcohol motifs (C(OH)–C–C–N with tert-alkyl or cyclic N) is 1. The van der Waals surface area contributed by atoms with Crippen molar-refractivity contribution >= 4 is 54.3 Å². The Morgan fingerprint density at radius 3 is 1.91 bits per heavy atom. The average molecular weight is 1270 g/mol. The van der Waals surface area contributed by atoms with Gasteiger partial charge in [-0.15, -0.1) is 29.2 Å². The molecule has 4 aromatic rings. The third-order valence-electron chi connectivity index (χ3n) is 13.5. The fourth-order valence-electron chi connectivity index (χ4n) is 8.36. The number of anilines is 1. The minimum absolute atomic E-state index is 0. The summed E-state index contributed by atoms with van der Waals surface area (Å²) in [6.07, 6.45) is 6.27. The van der Waals surface area contributed by atoms with Gasteiger partial charge in [0.25, 0.3) is 5.88 Å². The van der Waals surface area contributed by atoms with Gasteiger partial charge in [-0.1, -0.05) is 52.0 Å². The number of aromatic nitrogens is 2. The highest BCUT2D eigenvalue weighted by molar-refractivity contribution is 6.99. The molecule has 0 spiro atoms. The summed E-state index contributed by atoms with van der Waals surface area (Å²) in [7, 11) is 8.67. The fourth-order valence-corrected chi connectivity index (χ4v) is 8.88. The molecular formula is C62H97Cl2N7O14S. The first-order valence-corrected chi connectivity index (χ1v) is 29.4. The summed E-state index contributed by atoms with van der Waals surface area (Å²) in [5, 5.41) is 52.0. The Balaban J connectivity index is 0.000000615. The summed E-state index contributed by atoms with van der Waals surface area (Å²) in [4.78, 5) is 23.5. The number of carbonyl (C=O) groups is 2. The summed E-state index contributed by atoms with van der Waals surface area (Å²) in [5.41, 5.74) is 2.83. The molecule has 6 N–H and O–H groups in total. The van der Waals surface area contributed by atoms with Gasteiger partial charge in [0.05, 0.1) is 71.5 Å². The molecule has 1 saturated carbocycles. The molecule has 1 aromatic heterocycles. The number of aliphatic hydroxyl groups is 2. The van der Waals surface area contributed by atoms with E-state index in [1.807, 2.05) is 42.5 Å². The van der Waals surface area contributed by atoms with Crippen LogP contribution in [0, 0.1) is 23.2 Å². The first kappa shape index (κ1) is 78.3. The van der Waals surface area contributed by atoms with Crippen LogP contribution < -0.4 is 44.0 Å². The Labute approximate surface area is 526 Å². The van der Waals surface area contributed by atoms with Gasteiger partial charge in [0.15, 0.2) is 23.0 Å². The number of nitrogens with one attached hydrogen (secondary N) is 2. The third-order valence-corrected chi connectivity index (χ3v) is 14.0. The zero-order valence-electron chi connectivity index (χ0n) is 52.4. The number of nitrogens with zero attached hydrogens (tertiary/aromatic N) is 5. The smallest absolute Gasteiger partial charge is 0.328 e. The van der Waals surface area contributed by atoms with E-state index in [1.54, 1.807) is 28.4 Å². The summed E-state index contributed by atoms with van der Waals surface area (Å²) >= 11 is 1.12. The van der Waals surface area contributed by atoms with E-state index >= 15 is 0 Å². The summed E-state index contributed by atoms with van der Waals surface area (Å²) in [5.74, 6) is 3.34. The van der Waals surface area contributed by atoms with Crippen LogP contribution in [0.15, 0.2) is 72.8 Å². The van der Waals surface area contributed by atoms with Crippen LogP contribution in [0.2, 0.25) is 0 Å². The van der Waals surface area contributed by atoms with E-state index in [0.717, 1.165) is 111 Å². The molecule has 2 fully saturated rings. The lowest BCUT2D eigenvalue weighted by atomic mass is 9.69. The number of carboxylic acid groups (broad SMARTS) is 2. The Hall–Kier alpha value is -5.71. The van der Waals surface area contributed by atoms with E-state index < -0.39 is 29.6 Å². The lowest BCUT2D eigenvalue weighted by molar-refractivity contribution is -0.134. The second-order valence-electron chi connectivity index (χ2n) is 22.2. The number of nitriles is 1. The number of carboxylic acids is 2. The van der Waals surface area contributed by atoms with E-state index in [1.165, 1.54) is 24.0 Å². The Kier molecular flexibility index (Phi) is 38.4. The lowest BCUT2D eigenvalue weighted by Crippen LogP contribution is -2.42. The molecule has 6 rings (SSSR count). The van der Waals surface area contributed by atoms with Crippen molar-refractivity contribution < 1.29 is 67.9 Å². The van der Waals surface area contributed by atoms with E-state index in [2.05, 4.69) is 109 Å². The van der Waals surface area contributed by atoms with E-state index in [9.17, 15) is 25.1 Å². The largest absolute Gasteiger partial charge is 0.493 e. The van der Waals surface area contributed by atoms with Gasteiger partial charge in [-0.2, -0.15) is 9.64 Å². The molecule has 484 valence electrons. The van der Waals surface area contributed by atoms with Crippen molar-refractivity contribution in [3.05, 3.63) is 89.5 Å². The van der Waals surface area contributed by atoms with Crippen molar-refractivity contribution in [2.24, 2.45) is 11.8 Å². The summed E-state index contributed by atoms with van der Waals surface area (Å²) < 4.78 is 52.2. The number of aliphatic carboxylic acids is 2. The standard InChI is InChI=1S/C27H38N2O4.C18H29NO3.C13H24N4O3S.C4H4O4.2ClH/c1-20(2)27(19-28,22-10-12-24(31-5)26(18-22)33-7)14-8-15-29(3)16-13-21-9-11-23(30-4)25(17-21)32-6;1-14(2)19-11-17(20)13-22-18-7-5-15(6-8-18)9-10-21-12-16-3-4-16;1-13(2,3)14-8-10(18)9-20-12-11(15-21-16-12)17-4-6-19-7-5-17;5-3(6)1-2-4(7)8;;/h9-12,17-18,20H,8,13-16H2,1-7H3;5-8,14,16-17,19-20H,3-4,9-13H2,1-2H3;10,14,18H,4-9H2,1-3H3;1-2H,(H,5,6)(H,7,8);2*1H/b;;;2-1-;;/t;;10-;;;/m..0.../s1. The quantitative estimate of drug-likeness (QED) is 0.0197. The Bertz CT molecular complexity index is 2560. The molecule has 2 unspecified atom stereocenters. The van der Waals surface area contributed by atoms with Gasteiger partial charge in [0.1, 0.15) is 31.2 Å². The minimum Gasteiger partial charge on any atom is -0.493 e. The van der Waals surface area contributed by atoms with E-state index in [0.29, 0.717) is 68.5 Å². The van der Waals surface area contributed by atoms with Crippen LogP contribution >= 0.6 is 36.5 Å². The SMILES string of the molecule is CC(C)(C)NC[C@H](O)COc1nsnc1N1CCOCC1.CC(C)NCC(O)COc1ccc(CCOCC2CC2)cc1.COc1ccc(CCN(C)CCCC(C#N)(c2ccc(OC)c(OC)c2)C(C)C)cc1OC.Cl.Cl.O=C(O)/C=C\C(=O)O. The second-order valence-corrected chi connectivity index (χ2v) is 22.7. The lowest BCUT2D eigenvalue weighted by Gasteiger charge is -2.32. The van der Waals surface area contributed by atoms with Gasteiger partial charge < -0.3 is 78.8 Å². The van der Waals surface area contributed by atoms with Crippen LogP contribution in [0.5, 0.6) is 34.6 Å². The predicted octanol–water partition coefficient (Wildman–Crippen LogP) is 8.54. The van der Waals surface area contributed by atoms with Gasteiger partial charge in [0.2, 0.25) is 5.82 Å². The predicted molar refractivity (Wildman–Crippen MR) is 341 cm³/mol. The van der Waals surface area contributed by atoms with Crippen molar-refractivity contribution in [3.63, 3.8) is 0 Å². The van der Waals surface area contributed by atoms with Gasteiger partial charge in [-0.05, 0) is 138 Å². The summed E-state index contributed by atoms with van der Waals surface area (Å²) in [6.45, 7) is 22.5. The fraction of sp³-hybridized carbons (Fsp3) is 0.597. The second kappa shape index (κ2) is 42.2. The van der Waals surface area contributed by atoms with Crippen molar-refractivity contribution in [1.29, 1.82) is 5.26 Å². The van der Waals surface area contributed by atoms with Crippen LogP contribution in [0.4, 0.5) is 5.82 Å². The van der Waals surface area contributed by atoms with Crippen LogP contribution in [0.3, 0.4) is 0 Å². The Morgan fingerprint density at radius 1 is 0.791 bits per heavy atom. The number of hydrogen-bond donors (Lipinski definition) is 6. The highest BCUT2D eigenvalue weighted by Crippen LogP contribution is 2.40. The highest BCUT2D eigenvalue weighted by Gasteiger charge is 2.36. The van der Waals surface area contributed by atoms with Gasteiger partial charge in [-0.3, -0.25) is 0 Å². The number of aliphatic hydroxyl groups excluding tert-OH is 2. The zero-order chi connectivity index (χ0) is 62.1. The number of halogens is 2. The molecule has 0 amide bonds. The topological polar surface area (TPSA) is 269 Å². The van der Waals surface area contributed by atoms with Crippen molar-refractivity contribution in [3.8, 4) is 40.7 Å². The van der Waals surface area contributed by atoms with Crippen LogP contribution in [0.25, 0.3) is 0 Å². The van der Waals surface area contributed by atoms with Gasteiger partial charge in [-0.25, -0.2) is 9.59 Å². The molecule has 3 atom stereocenters. The van der Waals surface area contributed by atoms with Gasteiger partial charge in [0, 0.05) is 63.1 Å². The first-order chi connectivity index (χ1) is 40.1. The third kappa shape index (κ3) is 30.8. The number of morpholine rings is 1. The Morgan fingerprint density at radius 2 is 1.36 bits per heavy atom. The highest BCUT2D eigenvalue weighted by atomic mass is 35.5. The molecule has 21 nitrogen and oxygen atoms in total. The first-order valence-electron chi connectivity index (χ1n) is 28.7. The molecule has 24 heteroatoms. The number of likely N-dealkylation sites (N-methyl/N-ethyl adjacent to an activating group) is 1. The molecular weight excluding hydrogens is 1170 g/mol. The van der Waals surface area contributed by atoms with Crippen molar-refractivity contribution in [1.82, 2.24) is 24.3 Å². The zero-order valence-corrected chi connectivity index (χ0v) is 54.8. The van der Waals surface area contributed by atoms with Crippen LogP contribution in [0.1, 0.15) is 90.8 Å². The number of hydrogen-bond acceptors (Lipinski definition) is 20. The summed E-state index contributed by atoms with van der Waals surface area (Å²) in [6, 6.07) is 22.9. The molecule has 2 heterocycles. The monoisotopic (exact) mass is 1270 g/mol. The maximum atomic E-state index is 10.2. The molecule has 1 saturated heterocycles. The number of rotatable bonds is 32. The van der Waals surface area contributed by atoms with Crippen LogP contribution in [-0.2, 0) is 37.3 Å². The number of ether oxygens (including phenoxy) is 8. The average Bonchev–Trinajstić information content (AvgIpc) is 1.95. The van der Waals surface area contributed by atoms with Crippen molar-refractivity contribution in [2.75, 3.05) is 119 Å². The normalized spacial score (nSPS) is 14.3.